The van der Waals surface area contributed by atoms with Crippen molar-refractivity contribution >= 4 is 27.3 Å². The van der Waals surface area contributed by atoms with Gasteiger partial charge in [0.05, 0.1) is 0 Å². The molecule has 0 fully saturated rings. The van der Waals surface area contributed by atoms with Gasteiger partial charge < -0.3 is 9.72 Å². The van der Waals surface area contributed by atoms with Crippen molar-refractivity contribution < 1.29 is 13.5 Å². The molecule has 0 spiro atoms. The van der Waals surface area contributed by atoms with Crippen LogP contribution in [0, 0.1) is 5.82 Å². The zero-order chi connectivity index (χ0) is 17.5. The number of H-pyrrole nitrogens is 1. The fourth-order valence-corrected chi connectivity index (χ4v) is 3.36. The highest BCUT2D eigenvalue weighted by Crippen LogP contribution is 2.27. The Morgan fingerprint density at radius 2 is 1.73 bits per heavy atom. The Balaban J connectivity index is 1.52. The van der Waals surface area contributed by atoms with Crippen molar-refractivity contribution in [2.45, 2.75) is 6.61 Å². The Hall–Kier alpha value is -3.40. The van der Waals surface area contributed by atoms with E-state index in [-0.39, 0.29) is 5.82 Å². The number of nitrogens with zero attached hydrogens (tertiary/aromatic N) is 1. The molecular weight excluding hydrogens is 327 g/mol. The fraction of sp³-hybridized carbons (Fsp3) is 0.0455. The number of fused-ring (bicyclic) bond motifs is 5. The Morgan fingerprint density at radius 1 is 0.885 bits per heavy atom. The van der Waals surface area contributed by atoms with Crippen LogP contribution in [0.15, 0.2) is 79.1 Å². The first-order valence-corrected chi connectivity index (χ1v) is 8.50. The van der Waals surface area contributed by atoms with E-state index >= 15 is 0 Å². The quantitative estimate of drug-likeness (QED) is 0.469. The first-order valence-electron chi connectivity index (χ1n) is 8.50. The Kier molecular flexibility index (Phi) is 3.35. The first-order chi connectivity index (χ1) is 12.8. The predicted molar refractivity (Wildman–Crippen MR) is 99.7 cm³/mol. The van der Waals surface area contributed by atoms with Crippen LogP contribution in [0.3, 0.4) is 0 Å². The molecule has 3 heterocycles. The average Bonchev–Trinajstić information content (AvgIpc) is 3.06. The summed E-state index contributed by atoms with van der Waals surface area (Å²) in [6, 6.07) is 20.8. The second kappa shape index (κ2) is 5.85. The van der Waals surface area contributed by atoms with Crippen LogP contribution in [0.25, 0.3) is 27.3 Å². The van der Waals surface area contributed by atoms with Gasteiger partial charge in [-0.1, -0.05) is 30.3 Å². The highest BCUT2D eigenvalue weighted by atomic mass is 19.1. The highest BCUT2D eigenvalue weighted by molar-refractivity contribution is 6.10. The maximum atomic E-state index is 13.0. The van der Waals surface area contributed by atoms with Crippen molar-refractivity contribution in [2.75, 3.05) is 0 Å². The summed E-state index contributed by atoms with van der Waals surface area (Å²) in [5.41, 5.74) is 4.27. The molecule has 126 valence electrons. The molecule has 5 aromatic rings. The minimum absolute atomic E-state index is 0.239. The summed E-state index contributed by atoms with van der Waals surface area (Å²) in [6.45, 7) is 0.404. The molecule has 5 rings (SSSR count). The monoisotopic (exact) mass is 343 g/mol. The number of hydrogen-bond acceptors (Lipinski definition) is 1. The van der Waals surface area contributed by atoms with Gasteiger partial charge in [-0.15, -0.1) is 0 Å². The van der Waals surface area contributed by atoms with E-state index in [0.717, 1.165) is 27.9 Å². The van der Waals surface area contributed by atoms with E-state index in [1.54, 1.807) is 12.1 Å². The molecule has 0 unspecified atom stereocenters. The summed E-state index contributed by atoms with van der Waals surface area (Å²) in [6.07, 6.45) is 4.01. The molecule has 0 bridgehead atoms. The molecule has 1 N–H and O–H groups in total. The number of para-hydroxylation sites is 1. The van der Waals surface area contributed by atoms with Crippen molar-refractivity contribution in [3.8, 4) is 5.75 Å². The number of hydrogen-bond donors (Lipinski definition) is 1. The van der Waals surface area contributed by atoms with E-state index in [9.17, 15) is 4.39 Å². The zero-order valence-corrected chi connectivity index (χ0v) is 13.9. The van der Waals surface area contributed by atoms with Gasteiger partial charge in [-0.2, -0.15) is 4.40 Å². The van der Waals surface area contributed by atoms with Crippen LogP contribution in [0.4, 0.5) is 4.39 Å². The summed E-state index contributed by atoms with van der Waals surface area (Å²) in [4.78, 5) is 3.51. The molecule has 0 saturated heterocycles. The molecule has 0 atom stereocenters. The van der Waals surface area contributed by atoms with Gasteiger partial charge in [-0.05, 0) is 29.8 Å². The van der Waals surface area contributed by atoms with Crippen LogP contribution in [0.5, 0.6) is 5.75 Å². The molecule has 0 aliphatic rings. The lowest BCUT2D eigenvalue weighted by molar-refractivity contribution is -0.511. The zero-order valence-electron chi connectivity index (χ0n) is 13.9. The van der Waals surface area contributed by atoms with Crippen LogP contribution in [-0.4, -0.2) is 4.98 Å². The van der Waals surface area contributed by atoms with Crippen LogP contribution >= 0.6 is 0 Å². The van der Waals surface area contributed by atoms with Gasteiger partial charge in [0.2, 0.25) is 11.7 Å². The lowest BCUT2D eigenvalue weighted by Crippen LogP contribution is -2.20. The lowest BCUT2D eigenvalue weighted by Gasteiger charge is -2.05. The van der Waals surface area contributed by atoms with Crippen molar-refractivity contribution in [1.29, 1.82) is 0 Å². The standard InChI is InChI=1S/C22H15FN2O/c23-16-7-5-15(6-8-16)14-26-17-9-10-21-22-19(11-12-25(21)13-17)18-3-1-2-4-20(18)24-22/h1-13H,14H2/p+1. The third-order valence-electron chi connectivity index (χ3n) is 4.67. The van der Waals surface area contributed by atoms with Crippen molar-refractivity contribution in [2.24, 2.45) is 0 Å². The lowest BCUT2D eigenvalue weighted by atomic mass is 10.1. The Bertz CT molecular complexity index is 1240. The molecule has 26 heavy (non-hydrogen) atoms. The molecule has 3 nitrogen and oxygen atoms in total. The Morgan fingerprint density at radius 3 is 2.62 bits per heavy atom. The molecule has 0 radical (unpaired) electrons. The summed E-state index contributed by atoms with van der Waals surface area (Å²) in [7, 11) is 0. The summed E-state index contributed by atoms with van der Waals surface area (Å²) >= 11 is 0. The number of aromatic nitrogens is 2. The van der Waals surface area contributed by atoms with E-state index in [4.69, 9.17) is 4.74 Å². The van der Waals surface area contributed by atoms with Gasteiger partial charge in [0.1, 0.15) is 17.9 Å². The molecule has 0 amide bonds. The van der Waals surface area contributed by atoms with Crippen molar-refractivity contribution in [1.82, 2.24) is 4.98 Å². The molecular formula is C22H16FN2O+. The Labute approximate surface area is 149 Å². The maximum Gasteiger partial charge on any atom is 0.235 e. The van der Waals surface area contributed by atoms with Crippen molar-refractivity contribution in [3.05, 3.63) is 90.5 Å². The minimum atomic E-state index is -0.239. The number of aromatic amines is 1. The van der Waals surface area contributed by atoms with Gasteiger partial charge in [0.25, 0.3) is 0 Å². The topological polar surface area (TPSA) is 29.1 Å². The number of halogens is 1. The van der Waals surface area contributed by atoms with Crippen LogP contribution < -0.4 is 9.14 Å². The van der Waals surface area contributed by atoms with Gasteiger partial charge in [0.15, 0.2) is 11.9 Å². The summed E-state index contributed by atoms with van der Waals surface area (Å²) < 4.78 is 20.9. The summed E-state index contributed by atoms with van der Waals surface area (Å²) in [5, 5.41) is 2.43. The number of benzene rings is 2. The molecule has 0 saturated carbocycles. The SMILES string of the molecule is Fc1ccc(COc2ccc3c4[nH]c5ccccc5c4cc[n+]3c2)cc1. The smallest absolute Gasteiger partial charge is 0.235 e. The molecule has 0 aliphatic heterocycles. The molecule has 0 aliphatic carbocycles. The van der Waals surface area contributed by atoms with Gasteiger partial charge in [0, 0.05) is 28.4 Å². The molecule has 2 aromatic carbocycles. The summed E-state index contributed by atoms with van der Waals surface area (Å²) in [5.74, 6) is 0.527. The van der Waals surface area contributed by atoms with E-state index in [1.165, 1.54) is 22.9 Å². The van der Waals surface area contributed by atoms with Crippen molar-refractivity contribution in [3.63, 3.8) is 0 Å². The van der Waals surface area contributed by atoms with Gasteiger partial charge in [-0.25, -0.2) is 4.39 Å². The first kappa shape index (κ1) is 14.9. The van der Waals surface area contributed by atoms with Crippen LogP contribution in [-0.2, 0) is 6.61 Å². The van der Waals surface area contributed by atoms with Crippen LogP contribution in [0.2, 0.25) is 0 Å². The van der Waals surface area contributed by atoms with E-state index in [2.05, 4.69) is 39.7 Å². The van der Waals surface area contributed by atoms with Crippen LogP contribution in [0.1, 0.15) is 5.56 Å². The number of pyridine rings is 2. The third-order valence-corrected chi connectivity index (χ3v) is 4.67. The maximum absolute atomic E-state index is 13.0. The predicted octanol–water partition coefficient (Wildman–Crippen LogP) is 4.78. The van der Waals surface area contributed by atoms with E-state index in [1.807, 2.05) is 24.5 Å². The van der Waals surface area contributed by atoms with E-state index in [0.29, 0.717) is 6.61 Å². The normalized spacial score (nSPS) is 11.4. The average molecular weight is 343 g/mol. The highest BCUT2D eigenvalue weighted by Gasteiger charge is 2.13. The number of rotatable bonds is 3. The molecule has 4 heteroatoms. The second-order valence-electron chi connectivity index (χ2n) is 6.35. The third kappa shape index (κ3) is 2.47. The number of ether oxygens (including phenoxy) is 1. The number of nitrogens with one attached hydrogen (secondary N) is 1. The minimum Gasteiger partial charge on any atom is -0.483 e. The fourth-order valence-electron chi connectivity index (χ4n) is 3.36. The van der Waals surface area contributed by atoms with Gasteiger partial charge >= 0.3 is 0 Å². The van der Waals surface area contributed by atoms with E-state index < -0.39 is 0 Å². The second-order valence-corrected chi connectivity index (χ2v) is 6.35. The largest absolute Gasteiger partial charge is 0.483 e. The van der Waals surface area contributed by atoms with Gasteiger partial charge in [-0.3, -0.25) is 0 Å². The molecule has 3 aromatic heterocycles.